The molecule has 0 aliphatic carbocycles. The molecule has 0 radical (unpaired) electrons. The second-order valence-electron chi connectivity index (χ2n) is 8.69. The highest BCUT2D eigenvalue weighted by atomic mass is 32.1. The lowest BCUT2D eigenvalue weighted by atomic mass is 10.0. The van der Waals surface area contributed by atoms with Gasteiger partial charge in [0.2, 0.25) is 5.95 Å². The molecular weight excluding hydrogens is 514 g/mol. The standard InChI is InChI=1S/C26H28FN4O2P.O2S/c1-4-34(32,5-2)25-24-20(18-8-6-17(3)7-9-18)14-28-26(31(24)16-30-25)29-15-21-19-12-13-33-23(19)11-10-22(21)27;1-3-2/h6-11,14,16H,4-5,12-13,15H2,1-3H3,(H,28,29);. The highest BCUT2D eigenvalue weighted by molar-refractivity contribution is 7.71. The Balaban J connectivity index is 0.00000102. The van der Waals surface area contributed by atoms with Crippen LogP contribution in [0.25, 0.3) is 16.6 Å². The molecule has 194 valence electrons. The van der Waals surface area contributed by atoms with E-state index in [1.807, 2.05) is 49.4 Å². The van der Waals surface area contributed by atoms with Crippen molar-refractivity contribution >= 4 is 35.6 Å². The zero-order valence-corrected chi connectivity index (χ0v) is 22.6. The number of hydrogen-bond acceptors (Lipinski definition) is 7. The van der Waals surface area contributed by atoms with E-state index >= 15 is 0 Å². The Kier molecular flexibility index (Phi) is 8.19. The minimum atomic E-state index is -2.67. The third-order valence-electron chi connectivity index (χ3n) is 6.68. The predicted molar refractivity (Wildman–Crippen MR) is 143 cm³/mol. The Hall–Kier alpha value is -3.36. The molecule has 1 aliphatic heterocycles. The van der Waals surface area contributed by atoms with E-state index in [9.17, 15) is 8.96 Å². The molecule has 0 saturated carbocycles. The number of imidazole rings is 1. The van der Waals surface area contributed by atoms with Gasteiger partial charge in [-0.3, -0.25) is 4.40 Å². The molecule has 0 spiro atoms. The Morgan fingerprint density at radius 2 is 1.81 bits per heavy atom. The quantitative estimate of drug-likeness (QED) is 0.336. The van der Waals surface area contributed by atoms with Gasteiger partial charge < -0.3 is 14.6 Å². The van der Waals surface area contributed by atoms with Gasteiger partial charge in [0.25, 0.3) is 0 Å². The van der Waals surface area contributed by atoms with Crippen molar-refractivity contribution in [3.8, 4) is 16.9 Å². The van der Waals surface area contributed by atoms with Crippen molar-refractivity contribution in [2.45, 2.75) is 33.7 Å². The van der Waals surface area contributed by atoms with Crippen LogP contribution in [0.5, 0.6) is 5.75 Å². The van der Waals surface area contributed by atoms with Crippen molar-refractivity contribution in [1.82, 2.24) is 14.4 Å². The Bertz CT molecular complexity index is 1510. The second kappa shape index (κ2) is 11.4. The topological polar surface area (TPSA) is 103 Å². The zero-order chi connectivity index (χ0) is 26.6. The summed E-state index contributed by atoms with van der Waals surface area (Å²) in [4.78, 5) is 9.29. The van der Waals surface area contributed by atoms with Gasteiger partial charge in [0.15, 0.2) is 0 Å². The molecule has 1 N–H and O–H groups in total. The first-order chi connectivity index (χ1) is 17.9. The number of aryl methyl sites for hydroxylation is 1. The van der Waals surface area contributed by atoms with Crippen LogP contribution in [0.4, 0.5) is 10.3 Å². The summed E-state index contributed by atoms with van der Waals surface area (Å²) >= 11 is -0.750. The van der Waals surface area contributed by atoms with E-state index in [-0.39, 0.29) is 12.4 Å². The van der Waals surface area contributed by atoms with Gasteiger partial charge in [-0.25, -0.2) is 14.4 Å². The average molecular weight is 543 g/mol. The molecule has 2 aromatic heterocycles. The summed E-state index contributed by atoms with van der Waals surface area (Å²) in [5, 5.41) is 3.29. The van der Waals surface area contributed by atoms with Crippen LogP contribution in [-0.2, 0) is 29.1 Å². The summed E-state index contributed by atoms with van der Waals surface area (Å²) < 4.78 is 52.4. The lowest BCUT2D eigenvalue weighted by Crippen LogP contribution is -2.14. The van der Waals surface area contributed by atoms with Gasteiger partial charge >= 0.3 is 11.6 Å². The molecule has 8 nitrogen and oxygen atoms in total. The van der Waals surface area contributed by atoms with Crippen molar-refractivity contribution < 1.29 is 22.1 Å². The molecule has 0 fully saturated rings. The first-order valence-corrected chi connectivity index (χ1v) is 14.7. The van der Waals surface area contributed by atoms with Gasteiger partial charge in [0.1, 0.15) is 30.5 Å². The van der Waals surface area contributed by atoms with Gasteiger partial charge in [-0.2, -0.15) is 8.42 Å². The molecule has 0 atom stereocenters. The SMILES string of the molecule is CCP(=O)(CC)c1ncn2c(NCc3c(F)ccc4c3CCO4)ncc(-c3ccc(C)cc3)c12.O=S=O. The zero-order valence-electron chi connectivity index (χ0n) is 20.9. The maximum Gasteiger partial charge on any atom is 0.335 e. The fourth-order valence-electron chi connectivity index (χ4n) is 4.57. The minimum absolute atomic E-state index is 0.261. The number of halogens is 1. The third-order valence-corrected chi connectivity index (χ3v) is 9.82. The fraction of sp³-hybridized carbons (Fsp3) is 0.308. The molecule has 0 unspecified atom stereocenters. The minimum Gasteiger partial charge on any atom is -0.493 e. The Labute approximate surface area is 218 Å². The molecule has 3 heterocycles. The highest BCUT2D eigenvalue weighted by Crippen LogP contribution is 2.45. The maximum absolute atomic E-state index is 14.7. The summed E-state index contributed by atoms with van der Waals surface area (Å²) in [6.45, 7) is 6.76. The molecule has 4 aromatic rings. The van der Waals surface area contributed by atoms with E-state index in [4.69, 9.17) is 13.2 Å². The molecule has 5 rings (SSSR count). The molecular formula is C26H28FN4O4PS. The number of nitrogens with one attached hydrogen (secondary N) is 1. The fourth-order valence-corrected chi connectivity index (χ4v) is 6.49. The smallest absolute Gasteiger partial charge is 0.335 e. The lowest BCUT2D eigenvalue weighted by molar-refractivity contribution is 0.356. The normalized spacial score (nSPS) is 12.4. The first kappa shape index (κ1) is 26.7. The van der Waals surface area contributed by atoms with Gasteiger partial charge in [-0.1, -0.05) is 43.7 Å². The van der Waals surface area contributed by atoms with E-state index in [1.165, 1.54) is 6.07 Å². The van der Waals surface area contributed by atoms with Crippen molar-refractivity contribution in [2.75, 3.05) is 24.2 Å². The van der Waals surface area contributed by atoms with Crippen LogP contribution in [0.15, 0.2) is 48.9 Å². The van der Waals surface area contributed by atoms with Crippen LogP contribution in [0.1, 0.15) is 30.5 Å². The number of ether oxygens (including phenoxy) is 1. The number of aromatic nitrogens is 3. The second-order valence-corrected chi connectivity index (χ2v) is 12.3. The Morgan fingerprint density at radius 3 is 2.49 bits per heavy atom. The van der Waals surface area contributed by atoms with Crippen LogP contribution in [0, 0.1) is 12.7 Å². The number of anilines is 1. The number of rotatable bonds is 7. The van der Waals surface area contributed by atoms with Crippen LogP contribution >= 0.6 is 7.14 Å². The van der Waals surface area contributed by atoms with Crippen LogP contribution in [0.2, 0.25) is 0 Å². The van der Waals surface area contributed by atoms with Crippen LogP contribution in [0.3, 0.4) is 0 Å². The molecule has 11 heteroatoms. The number of nitrogens with zero attached hydrogens (tertiary/aromatic N) is 3. The predicted octanol–water partition coefficient (Wildman–Crippen LogP) is 4.75. The number of hydrogen-bond donors (Lipinski definition) is 1. The van der Waals surface area contributed by atoms with E-state index in [1.54, 1.807) is 18.6 Å². The van der Waals surface area contributed by atoms with Crippen LogP contribution in [-0.4, -0.2) is 41.7 Å². The molecule has 1 aliphatic rings. The summed E-state index contributed by atoms with van der Waals surface area (Å²) in [7, 11) is -2.67. The monoisotopic (exact) mass is 542 g/mol. The van der Waals surface area contributed by atoms with Crippen molar-refractivity contribution in [3.05, 3.63) is 71.4 Å². The average Bonchev–Trinajstić information content (AvgIpc) is 3.57. The van der Waals surface area contributed by atoms with E-state index in [0.29, 0.717) is 42.3 Å². The summed E-state index contributed by atoms with van der Waals surface area (Å²) in [5.74, 6) is 0.999. The Morgan fingerprint density at radius 1 is 1.11 bits per heavy atom. The lowest BCUT2D eigenvalue weighted by Gasteiger charge is -2.16. The molecule has 2 aromatic carbocycles. The molecule has 37 heavy (non-hydrogen) atoms. The molecule has 0 amide bonds. The summed E-state index contributed by atoms with van der Waals surface area (Å²) in [5.41, 5.74) is 5.91. The molecule has 0 saturated heterocycles. The van der Waals surface area contributed by atoms with Gasteiger partial charge in [-0.05, 0) is 24.6 Å². The largest absolute Gasteiger partial charge is 0.493 e. The maximum atomic E-state index is 14.7. The van der Waals surface area contributed by atoms with Crippen molar-refractivity contribution in [2.24, 2.45) is 0 Å². The van der Waals surface area contributed by atoms with E-state index < -0.39 is 18.7 Å². The number of benzene rings is 2. The highest BCUT2D eigenvalue weighted by Gasteiger charge is 2.28. The van der Waals surface area contributed by atoms with Gasteiger partial charge in [0, 0.05) is 48.2 Å². The summed E-state index contributed by atoms with van der Waals surface area (Å²) in [6.07, 6.45) is 5.22. The van der Waals surface area contributed by atoms with Crippen LogP contribution < -0.4 is 15.5 Å². The van der Waals surface area contributed by atoms with E-state index in [0.717, 1.165) is 33.5 Å². The van der Waals surface area contributed by atoms with Gasteiger partial charge in [0.05, 0.1) is 12.1 Å². The summed E-state index contributed by atoms with van der Waals surface area (Å²) in [6, 6.07) is 11.3. The molecule has 0 bridgehead atoms. The third kappa shape index (κ3) is 5.22. The van der Waals surface area contributed by atoms with Crippen molar-refractivity contribution in [3.63, 3.8) is 0 Å². The van der Waals surface area contributed by atoms with Gasteiger partial charge in [-0.15, -0.1) is 0 Å². The number of fused-ring (bicyclic) bond motifs is 2. The van der Waals surface area contributed by atoms with Crippen molar-refractivity contribution in [1.29, 1.82) is 0 Å². The van der Waals surface area contributed by atoms with E-state index in [2.05, 4.69) is 15.3 Å². The first-order valence-electron chi connectivity index (χ1n) is 12.0.